The number of carboxylic acids is 1. The largest absolute Gasteiger partial charge is 0.478 e. The van der Waals surface area contributed by atoms with Gasteiger partial charge in [0.2, 0.25) is 0 Å². The van der Waals surface area contributed by atoms with E-state index in [0.717, 1.165) is 12.1 Å². The summed E-state index contributed by atoms with van der Waals surface area (Å²) < 4.78 is 0. The molecule has 1 unspecified atom stereocenters. The molecule has 1 saturated carbocycles. The number of anilines is 1. The van der Waals surface area contributed by atoms with E-state index in [-0.39, 0.29) is 17.9 Å². The number of nitrogens with zero attached hydrogens (tertiary/aromatic N) is 1. The van der Waals surface area contributed by atoms with Gasteiger partial charge in [-0.15, -0.1) is 11.3 Å². The molecule has 1 aliphatic rings. The molecule has 98 valence electrons. The number of aromatic nitrogens is 1. The average Bonchev–Trinajstić information content (AvgIpc) is 2.74. The van der Waals surface area contributed by atoms with E-state index >= 15 is 0 Å². The molecule has 0 aromatic carbocycles. The van der Waals surface area contributed by atoms with Gasteiger partial charge in [-0.1, -0.05) is 6.08 Å². The van der Waals surface area contributed by atoms with E-state index in [4.69, 9.17) is 10.8 Å². The van der Waals surface area contributed by atoms with Crippen molar-refractivity contribution < 1.29 is 15.0 Å². The maximum atomic E-state index is 10.6. The standard InChI is InChI=1S/C12H16N2O3S/c13-12-14-10(6-18-12)9-5-8(15)3-1-7(9)2-4-11(16)17/h2,4,6-9,15H,1,3,5H2,(H2,13,14)(H,16,17)/b4-2-/t7?,8-,9-/m1/s1. The number of allylic oxidation sites excluding steroid dienone is 1. The van der Waals surface area contributed by atoms with Gasteiger partial charge in [0.25, 0.3) is 0 Å². The zero-order valence-electron chi connectivity index (χ0n) is 9.82. The third kappa shape index (κ3) is 3.08. The highest BCUT2D eigenvalue weighted by molar-refractivity contribution is 7.13. The van der Waals surface area contributed by atoms with Crippen LogP contribution in [0.5, 0.6) is 0 Å². The first-order chi connectivity index (χ1) is 8.56. The topological polar surface area (TPSA) is 96.4 Å². The zero-order chi connectivity index (χ0) is 13.1. The van der Waals surface area contributed by atoms with Crippen LogP contribution in [-0.4, -0.2) is 27.3 Å². The van der Waals surface area contributed by atoms with Gasteiger partial charge < -0.3 is 15.9 Å². The Balaban J connectivity index is 2.18. The van der Waals surface area contributed by atoms with Crippen LogP contribution in [0, 0.1) is 5.92 Å². The smallest absolute Gasteiger partial charge is 0.327 e. The molecule has 0 saturated heterocycles. The molecule has 3 atom stereocenters. The van der Waals surface area contributed by atoms with Crippen LogP contribution < -0.4 is 5.73 Å². The SMILES string of the molecule is Nc1nc([C@@H]2C[C@H](O)CCC2/C=C\C(=O)O)cs1. The summed E-state index contributed by atoms with van der Waals surface area (Å²) in [5, 5.41) is 20.8. The van der Waals surface area contributed by atoms with Crippen molar-refractivity contribution in [3.63, 3.8) is 0 Å². The highest BCUT2D eigenvalue weighted by atomic mass is 32.1. The first-order valence-corrected chi connectivity index (χ1v) is 6.74. The molecular weight excluding hydrogens is 252 g/mol. The number of hydrogen-bond acceptors (Lipinski definition) is 5. The van der Waals surface area contributed by atoms with Crippen molar-refractivity contribution in [3.05, 3.63) is 23.2 Å². The van der Waals surface area contributed by atoms with E-state index in [9.17, 15) is 9.90 Å². The molecule has 1 aliphatic carbocycles. The Kier molecular flexibility index (Phi) is 3.98. The highest BCUT2D eigenvalue weighted by Gasteiger charge is 2.30. The van der Waals surface area contributed by atoms with Gasteiger partial charge in [0.05, 0.1) is 11.8 Å². The second-order valence-corrected chi connectivity index (χ2v) is 5.43. The van der Waals surface area contributed by atoms with Crippen LogP contribution in [0.1, 0.15) is 30.9 Å². The van der Waals surface area contributed by atoms with Crippen LogP contribution in [0.3, 0.4) is 0 Å². The summed E-state index contributed by atoms with van der Waals surface area (Å²) in [5.74, 6) is -0.790. The number of nitrogen functional groups attached to an aromatic ring is 1. The lowest BCUT2D eigenvalue weighted by Gasteiger charge is -2.31. The van der Waals surface area contributed by atoms with Crippen molar-refractivity contribution in [1.82, 2.24) is 4.98 Å². The summed E-state index contributed by atoms with van der Waals surface area (Å²) in [6.07, 6.45) is 4.61. The Morgan fingerprint density at radius 3 is 2.94 bits per heavy atom. The normalized spacial score (nSPS) is 28.6. The summed E-state index contributed by atoms with van der Waals surface area (Å²) >= 11 is 1.37. The third-order valence-corrected chi connectivity index (χ3v) is 3.97. The molecule has 0 radical (unpaired) electrons. The van der Waals surface area contributed by atoms with E-state index in [0.29, 0.717) is 18.0 Å². The van der Waals surface area contributed by atoms with Crippen molar-refractivity contribution >= 4 is 22.4 Å². The van der Waals surface area contributed by atoms with Gasteiger partial charge in [0.15, 0.2) is 5.13 Å². The van der Waals surface area contributed by atoms with Gasteiger partial charge in [-0.05, 0) is 25.2 Å². The zero-order valence-corrected chi connectivity index (χ0v) is 10.6. The molecule has 1 aromatic heterocycles. The number of carboxylic acid groups (broad SMARTS) is 1. The fraction of sp³-hybridized carbons (Fsp3) is 0.500. The molecule has 1 aromatic rings. The molecule has 0 aliphatic heterocycles. The number of nitrogens with two attached hydrogens (primary N) is 1. The van der Waals surface area contributed by atoms with E-state index in [1.165, 1.54) is 17.4 Å². The van der Waals surface area contributed by atoms with E-state index in [2.05, 4.69) is 4.98 Å². The minimum Gasteiger partial charge on any atom is -0.478 e. The molecule has 1 fully saturated rings. The number of hydrogen-bond donors (Lipinski definition) is 3. The predicted molar refractivity (Wildman–Crippen MR) is 69.4 cm³/mol. The Labute approximate surface area is 109 Å². The number of rotatable bonds is 3. The number of carbonyl (C=O) groups is 1. The van der Waals surface area contributed by atoms with Crippen molar-refractivity contribution in [1.29, 1.82) is 0 Å². The molecule has 2 rings (SSSR count). The van der Waals surface area contributed by atoms with Gasteiger partial charge in [-0.3, -0.25) is 0 Å². The molecule has 0 amide bonds. The van der Waals surface area contributed by atoms with Crippen LogP contribution in [-0.2, 0) is 4.79 Å². The highest BCUT2D eigenvalue weighted by Crippen LogP contribution is 2.39. The Morgan fingerprint density at radius 2 is 2.33 bits per heavy atom. The van der Waals surface area contributed by atoms with Gasteiger partial charge in [-0.2, -0.15) is 0 Å². The van der Waals surface area contributed by atoms with Crippen LogP contribution in [0.4, 0.5) is 5.13 Å². The van der Waals surface area contributed by atoms with E-state index in [1.807, 2.05) is 5.38 Å². The van der Waals surface area contributed by atoms with Crippen molar-refractivity contribution in [3.8, 4) is 0 Å². The Morgan fingerprint density at radius 1 is 1.56 bits per heavy atom. The van der Waals surface area contributed by atoms with Gasteiger partial charge >= 0.3 is 5.97 Å². The maximum Gasteiger partial charge on any atom is 0.327 e. The molecule has 18 heavy (non-hydrogen) atoms. The fourth-order valence-corrected chi connectivity index (χ4v) is 3.05. The first kappa shape index (κ1) is 13.0. The van der Waals surface area contributed by atoms with Gasteiger partial charge in [-0.25, -0.2) is 9.78 Å². The fourth-order valence-electron chi connectivity index (χ4n) is 2.42. The molecule has 0 spiro atoms. The number of aliphatic hydroxyl groups excluding tert-OH is 1. The van der Waals surface area contributed by atoms with E-state index in [1.54, 1.807) is 6.08 Å². The molecular formula is C12H16N2O3S. The van der Waals surface area contributed by atoms with Crippen molar-refractivity contribution in [2.75, 3.05) is 5.73 Å². The minimum absolute atomic E-state index is 0.0536. The lowest BCUT2D eigenvalue weighted by atomic mass is 9.76. The minimum atomic E-state index is -0.947. The van der Waals surface area contributed by atoms with Crippen molar-refractivity contribution in [2.45, 2.75) is 31.3 Å². The lowest BCUT2D eigenvalue weighted by molar-refractivity contribution is -0.131. The predicted octanol–water partition coefficient (Wildman–Crippen LogP) is 1.61. The maximum absolute atomic E-state index is 10.6. The Hall–Kier alpha value is -1.40. The summed E-state index contributed by atoms with van der Waals surface area (Å²) in [6, 6.07) is 0. The summed E-state index contributed by atoms with van der Waals surface area (Å²) in [6.45, 7) is 0. The van der Waals surface area contributed by atoms with Crippen LogP contribution in [0.25, 0.3) is 0 Å². The second-order valence-electron chi connectivity index (χ2n) is 4.55. The Bertz CT molecular complexity index is 458. The first-order valence-electron chi connectivity index (χ1n) is 5.86. The average molecular weight is 268 g/mol. The number of thiazole rings is 1. The van der Waals surface area contributed by atoms with Gasteiger partial charge in [0, 0.05) is 17.4 Å². The molecule has 4 N–H and O–H groups in total. The van der Waals surface area contributed by atoms with Crippen LogP contribution in [0.2, 0.25) is 0 Å². The van der Waals surface area contributed by atoms with Crippen LogP contribution in [0.15, 0.2) is 17.5 Å². The molecule has 5 nitrogen and oxygen atoms in total. The van der Waals surface area contributed by atoms with Crippen LogP contribution >= 0.6 is 11.3 Å². The summed E-state index contributed by atoms with van der Waals surface area (Å²) in [7, 11) is 0. The summed E-state index contributed by atoms with van der Waals surface area (Å²) in [4.78, 5) is 14.8. The molecule has 1 heterocycles. The number of aliphatic carboxylic acids is 1. The van der Waals surface area contributed by atoms with E-state index < -0.39 is 5.97 Å². The number of aliphatic hydroxyl groups is 1. The monoisotopic (exact) mass is 268 g/mol. The quantitative estimate of drug-likeness (QED) is 0.724. The van der Waals surface area contributed by atoms with Gasteiger partial charge in [0.1, 0.15) is 0 Å². The second kappa shape index (κ2) is 5.49. The molecule has 6 heteroatoms. The molecule has 0 bridgehead atoms. The lowest BCUT2D eigenvalue weighted by Crippen LogP contribution is -2.25. The van der Waals surface area contributed by atoms with Crippen molar-refractivity contribution in [2.24, 2.45) is 5.92 Å². The third-order valence-electron chi connectivity index (χ3n) is 3.28. The summed E-state index contributed by atoms with van der Waals surface area (Å²) in [5.41, 5.74) is 6.48.